The van der Waals surface area contributed by atoms with Gasteiger partial charge in [-0.1, -0.05) is 13.0 Å². The van der Waals surface area contributed by atoms with Crippen molar-refractivity contribution in [1.29, 1.82) is 0 Å². The summed E-state index contributed by atoms with van der Waals surface area (Å²) in [4.78, 5) is 4.22. The van der Waals surface area contributed by atoms with Crippen LogP contribution in [0.1, 0.15) is 38.9 Å². The molecule has 1 heterocycles. The number of anilines is 1. The minimum atomic E-state index is -0.393. The van der Waals surface area contributed by atoms with Crippen LogP contribution >= 0.6 is 0 Å². The molecule has 1 atom stereocenters. The smallest absolute Gasteiger partial charge is 0.126 e. The number of aliphatic hydroxyl groups is 1. The van der Waals surface area contributed by atoms with Crippen molar-refractivity contribution in [1.82, 2.24) is 4.98 Å². The molecule has 0 saturated heterocycles. The largest absolute Gasteiger partial charge is 0.388 e. The molecular formula is C11H18N2O. The Labute approximate surface area is 85.2 Å². The minimum absolute atomic E-state index is 0.379. The number of nitrogens with zero attached hydrogens (tertiary/aromatic N) is 1. The highest BCUT2D eigenvalue weighted by Gasteiger charge is 2.04. The Morgan fingerprint density at radius 1 is 1.43 bits per heavy atom. The van der Waals surface area contributed by atoms with Gasteiger partial charge in [0.2, 0.25) is 0 Å². The van der Waals surface area contributed by atoms with Crippen molar-refractivity contribution in [3.05, 3.63) is 23.9 Å². The van der Waals surface area contributed by atoms with E-state index in [0.29, 0.717) is 6.04 Å². The standard InChI is InChI=1S/C11H18N2O/c1-4-10(14)9-5-6-11(12-7-9)13-8(2)3/h5-8,10,14H,4H2,1-3H3,(H,12,13). The van der Waals surface area contributed by atoms with Crippen LogP contribution < -0.4 is 5.32 Å². The van der Waals surface area contributed by atoms with Gasteiger partial charge in [-0.05, 0) is 31.9 Å². The first-order valence-corrected chi connectivity index (χ1v) is 5.04. The van der Waals surface area contributed by atoms with Crippen LogP contribution in [-0.2, 0) is 0 Å². The second-order valence-electron chi connectivity index (χ2n) is 3.70. The lowest BCUT2D eigenvalue weighted by Gasteiger charge is -2.11. The Kier molecular flexibility index (Phi) is 3.89. The first kappa shape index (κ1) is 11.0. The van der Waals surface area contributed by atoms with Crippen LogP contribution in [0, 0.1) is 0 Å². The Bertz CT molecular complexity index is 269. The summed E-state index contributed by atoms with van der Waals surface area (Å²) in [5.74, 6) is 0.854. The van der Waals surface area contributed by atoms with Crippen molar-refractivity contribution < 1.29 is 5.11 Å². The fourth-order valence-electron chi connectivity index (χ4n) is 1.22. The van der Waals surface area contributed by atoms with E-state index >= 15 is 0 Å². The van der Waals surface area contributed by atoms with Crippen LogP contribution in [0.5, 0.6) is 0 Å². The molecule has 78 valence electrons. The lowest BCUT2D eigenvalue weighted by molar-refractivity contribution is 0.173. The summed E-state index contributed by atoms with van der Waals surface area (Å²) in [6.45, 7) is 6.08. The number of hydrogen-bond donors (Lipinski definition) is 2. The highest BCUT2D eigenvalue weighted by Crippen LogP contribution is 2.16. The number of nitrogens with one attached hydrogen (secondary N) is 1. The molecule has 1 rings (SSSR count). The van der Waals surface area contributed by atoms with E-state index in [2.05, 4.69) is 24.1 Å². The minimum Gasteiger partial charge on any atom is -0.388 e. The highest BCUT2D eigenvalue weighted by atomic mass is 16.3. The molecule has 0 spiro atoms. The maximum absolute atomic E-state index is 9.54. The Morgan fingerprint density at radius 3 is 2.57 bits per heavy atom. The number of aromatic nitrogens is 1. The topological polar surface area (TPSA) is 45.1 Å². The molecule has 1 aromatic heterocycles. The zero-order valence-corrected chi connectivity index (χ0v) is 8.99. The molecule has 0 aliphatic rings. The van der Waals surface area contributed by atoms with Crippen LogP contribution in [0.2, 0.25) is 0 Å². The molecular weight excluding hydrogens is 176 g/mol. The normalized spacial score (nSPS) is 12.9. The lowest BCUT2D eigenvalue weighted by atomic mass is 10.1. The van der Waals surface area contributed by atoms with Crippen molar-refractivity contribution in [3.63, 3.8) is 0 Å². The van der Waals surface area contributed by atoms with Gasteiger partial charge in [0.1, 0.15) is 5.82 Å². The fourth-order valence-corrected chi connectivity index (χ4v) is 1.22. The third-order valence-corrected chi connectivity index (χ3v) is 1.99. The molecule has 1 aromatic rings. The van der Waals surface area contributed by atoms with Crippen molar-refractivity contribution >= 4 is 5.82 Å². The van der Waals surface area contributed by atoms with Crippen LogP contribution in [0.25, 0.3) is 0 Å². The Hall–Kier alpha value is -1.09. The number of hydrogen-bond acceptors (Lipinski definition) is 3. The highest BCUT2D eigenvalue weighted by molar-refractivity contribution is 5.36. The molecule has 0 amide bonds. The summed E-state index contributed by atoms with van der Waals surface area (Å²) in [6, 6.07) is 4.18. The van der Waals surface area contributed by atoms with Gasteiger partial charge in [-0.15, -0.1) is 0 Å². The second kappa shape index (κ2) is 4.96. The summed E-state index contributed by atoms with van der Waals surface area (Å²) in [5.41, 5.74) is 0.877. The van der Waals surface area contributed by atoms with E-state index < -0.39 is 6.10 Å². The van der Waals surface area contributed by atoms with Gasteiger partial charge in [-0.25, -0.2) is 4.98 Å². The SMILES string of the molecule is CCC(O)c1ccc(NC(C)C)nc1. The van der Waals surface area contributed by atoms with Crippen LogP contribution in [0.15, 0.2) is 18.3 Å². The second-order valence-corrected chi connectivity index (χ2v) is 3.70. The van der Waals surface area contributed by atoms with E-state index in [9.17, 15) is 5.11 Å². The van der Waals surface area contributed by atoms with Crippen LogP contribution in [0.3, 0.4) is 0 Å². The molecule has 0 fully saturated rings. The maximum atomic E-state index is 9.54. The average molecular weight is 194 g/mol. The van der Waals surface area contributed by atoms with Crippen molar-refractivity contribution in [2.24, 2.45) is 0 Å². The van der Waals surface area contributed by atoms with E-state index in [0.717, 1.165) is 17.8 Å². The number of pyridine rings is 1. The molecule has 0 radical (unpaired) electrons. The predicted molar refractivity (Wildman–Crippen MR) is 58.2 cm³/mol. The fraction of sp³-hybridized carbons (Fsp3) is 0.545. The number of rotatable bonds is 4. The third-order valence-electron chi connectivity index (χ3n) is 1.99. The van der Waals surface area contributed by atoms with Gasteiger partial charge in [0.05, 0.1) is 6.10 Å². The van der Waals surface area contributed by atoms with Gasteiger partial charge >= 0.3 is 0 Å². The molecule has 0 bridgehead atoms. The van der Waals surface area contributed by atoms with E-state index in [1.54, 1.807) is 6.20 Å². The molecule has 14 heavy (non-hydrogen) atoms. The summed E-state index contributed by atoms with van der Waals surface area (Å²) >= 11 is 0. The molecule has 3 nitrogen and oxygen atoms in total. The van der Waals surface area contributed by atoms with Crippen LogP contribution in [-0.4, -0.2) is 16.1 Å². The first-order chi connectivity index (χ1) is 6.63. The van der Waals surface area contributed by atoms with Gasteiger partial charge in [-0.3, -0.25) is 0 Å². The van der Waals surface area contributed by atoms with Gasteiger partial charge in [0, 0.05) is 12.2 Å². The zero-order valence-electron chi connectivity index (χ0n) is 8.99. The van der Waals surface area contributed by atoms with Crippen LogP contribution in [0.4, 0.5) is 5.82 Å². The quantitative estimate of drug-likeness (QED) is 0.773. The Balaban J connectivity index is 2.68. The van der Waals surface area contributed by atoms with Gasteiger partial charge in [0.25, 0.3) is 0 Å². The lowest BCUT2D eigenvalue weighted by Crippen LogP contribution is -2.11. The average Bonchev–Trinajstić information content (AvgIpc) is 2.17. The molecule has 0 saturated carbocycles. The number of aliphatic hydroxyl groups excluding tert-OH is 1. The third kappa shape index (κ3) is 3.00. The van der Waals surface area contributed by atoms with Crippen molar-refractivity contribution in [2.45, 2.75) is 39.3 Å². The first-order valence-electron chi connectivity index (χ1n) is 5.04. The van der Waals surface area contributed by atoms with Gasteiger partial charge < -0.3 is 10.4 Å². The summed E-state index contributed by atoms with van der Waals surface area (Å²) in [7, 11) is 0. The van der Waals surface area contributed by atoms with Crippen molar-refractivity contribution in [2.75, 3.05) is 5.32 Å². The van der Waals surface area contributed by atoms with E-state index in [1.807, 2.05) is 19.1 Å². The molecule has 1 unspecified atom stereocenters. The maximum Gasteiger partial charge on any atom is 0.126 e. The van der Waals surface area contributed by atoms with E-state index in [1.165, 1.54) is 0 Å². The van der Waals surface area contributed by atoms with Gasteiger partial charge in [0.15, 0.2) is 0 Å². The summed E-state index contributed by atoms with van der Waals surface area (Å²) in [6.07, 6.45) is 2.05. The Morgan fingerprint density at radius 2 is 2.14 bits per heavy atom. The van der Waals surface area contributed by atoms with E-state index in [-0.39, 0.29) is 0 Å². The van der Waals surface area contributed by atoms with E-state index in [4.69, 9.17) is 0 Å². The molecule has 2 N–H and O–H groups in total. The predicted octanol–water partition coefficient (Wildman–Crippen LogP) is 2.35. The molecule has 0 aliphatic heterocycles. The molecule has 0 aliphatic carbocycles. The monoisotopic (exact) mass is 194 g/mol. The summed E-state index contributed by atoms with van der Waals surface area (Å²) < 4.78 is 0. The zero-order chi connectivity index (χ0) is 10.6. The summed E-state index contributed by atoms with van der Waals surface area (Å²) in [5, 5.41) is 12.7. The molecule has 3 heteroatoms. The van der Waals surface area contributed by atoms with Gasteiger partial charge in [-0.2, -0.15) is 0 Å². The van der Waals surface area contributed by atoms with Crippen molar-refractivity contribution in [3.8, 4) is 0 Å². The molecule has 0 aromatic carbocycles.